The molecular formula is C23H36IN5O2. The van der Waals surface area contributed by atoms with Crippen LogP contribution in [0.1, 0.15) is 42.7 Å². The van der Waals surface area contributed by atoms with Crippen LogP contribution in [0, 0.1) is 19.8 Å². The van der Waals surface area contributed by atoms with E-state index >= 15 is 0 Å². The van der Waals surface area contributed by atoms with Gasteiger partial charge in [0.1, 0.15) is 11.5 Å². The van der Waals surface area contributed by atoms with E-state index < -0.39 is 0 Å². The largest absolute Gasteiger partial charge is 0.496 e. The molecule has 1 aromatic carbocycles. The van der Waals surface area contributed by atoms with Crippen LogP contribution >= 0.6 is 24.0 Å². The van der Waals surface area contributed by atoms with Gasteiger partial charge in [0.05, 0.1) is 25.9 Å². The first-order valence-corrected chi connectivity index (χ1v) is 10.9. The number of likely N-dealkylation sites (tertiary alicyclic amines) is 1. The summed E-state index contributed by atoms with van der Waals surface area (Å²) < 4.78 is 11.2. The van der Waals surface area contributed by atoms with Gasteiger partial charge in [0.15, 0.2) is 5.96 Å². The molecule has 0 aliphatic carbocycles. The molecule has 1 aliphatic heterocycles. The van der Waals surface area contributed by atoms with Crippen LogP contribution in [0.15, 0.2) is 33.7 Å². The molecule has 2 aromatic rings. The number of guanidine groups is 1. The molecule has 3 rings (SSSR count). The van der Waals surface area contributed by atoms with Gasteiger partial charge in [0.25, 0.3) is 0 Å². The molecule has 0 radical (unpaired) electrons. The van der Waals surface area contributed by atoms with Gasteiger partial charge in [-0.3, -0.25) is 4.90 Å². The summed E-state index contributed by atoms with van der Waals surface area (Å²) in [7, 11) is 1.70. The van der Waals surface area contributed by atoms with Gasteiger partial charge >= 0.3 is 0 Å². The maximum Gasteiger partial charge on any atom is 0.208 e. The Kier molecular flexibility index (Phi) is 10.6. The van der Waals surface area contributed by atoms with Crippen molar-refractivity contribution in [2.24, 2.45) is 10.9 Å². The quantitative estimate of drug-likeness (QED) is 0.300. The molecular weight excluding hydrogens is 505 g/mol. The van der Waals surface area contributed by atoms with E-state index in [9.17, 15) is 0 Å². The molecule has 0 spiro atoms. The summed E-state index contributed by atoms with van der Waals surface area (Å²) in [5, 5.41) is 6.87. The molecule has 2 heterocycles. The number of rotatable bonds is 8. The van der Waals surface area contributed by atoms with Crippen molar-refractivity contribution < 1.29 is 9.15 Å². The number of hydrogen-bond donors (Lipinski definition) is 2. The Morgan fingerprint density at radius 1 is 1.23 bits per heavy atom. The normalized spacial score (nSPS) is 15.4. The van der Waals surface area contributed by atoms with Crippen LogP contribution in [-0.4, -0.2) is 49.1 Å². The Hall–Kier alpha value is -1.81. The number of aryl methyl sites for hydroxylation is 2. The first-order valence-electron chi connectivity index (χ1n) is 10.9. The Balaban J connectivity index is 0.00000341. The van der Waals surface area contributed by atoms with E-state index in [-0.39, 0.29) is 24.0 Å². The summed E-state index contributed by atoms with van der Waals surface area (Å²) in [6.45, 7) is 11.4. The van der Waals surface area contributed by atoms with Gasteiger partial charge in [-0.1, -0.05) is 18.2 Å². The Morgan fingerprint density at radius 2 is 1.97 bits per heavy atom. The maximum absolute atomic E-state index is 5.73. The minimum atomic E-state index is 0. The number of para-hydroxylation sites is 1. The molecule has 0 unspecified atom stereocenters. The highest BCUT2D eigenvalue weighted by atomic mass is 127. The van der Waals surface area contributed by atoms with Crippen molar-refractivity contribution in [3.8, 4) is 5.75 Å². The van der Waals surface area contributed by atoms with Crippen molar-refractivity contribution in [1.82, 2.24) is 20.5 Å². The van der Waals surface area contributed by atoms with E-state index in [2.05, 4.69) is 33.5 Å². The number of aliphatic imine (C=N–C) groups is 1. The SMILES string of the molecule is CCNC(=NCc1ccccc1OC)NCC1CCN(Cc2nc(C)c(C)o2)CC1.I. The number of hydrogen-bond acceptors (Lipinski definition) is 5. The lowest BCUT2D eigenvalue weighted by Gasteiger charge is -2.31. The van der Waals surface area contributed by atoms with Crippen LogP contribution in [0.25, 0.3) is 0 Å². The number of oxazole rings is 1. The number of piperidine rings is 1. The first kappa shape index (κ1) is 25.5. The zero-order chi connectivity index (χ0) is 21.3. The highest BCUT2D eigenvalue weighted by Crippen LogP contribution is 2.20. The fraction of sp³-hybridized carbons (Fsp3) is 0.565. The second-order valence-corrected chi connectivity index (χ2v) is 7.86. The number of aromatic nitrogens is 1. The minimum absolute atomic E-state index is 0. The predicted octanol–water partition coefficient (Wildman–Crippen LogP) is 3.89. The smallest absolute Gasteiger partial charge is 0.208 e. The van der Waals surface area contributed by atoms with Gasteiger partial charge in [-0.15, -0.1) is 24.0 Å². The van der Waals surface area contributed by atoms with E-state index in [0.717, 1.165) is 80.2 Å². The van der Waals surface area contributed by atoms with Gasteiger partial charge in [0.2, 0.25) is 5.89 Å². The number of methoxy groups -OCH3 is 1. The number of benzene rings is 1. The van der Waals surface area contributed by atoms with Crippen molar-refractivity contribution in [3.05, 3.63) is 47.2 Å². The monoisotopic (exact) mass is 541 g/mol. The molecule has 1 aromatic heterocycles. The van der Waals surface area contributed by atoms with Gasteiger partial charge < -0.3 is 19.8 Å². The van der Waals surface area contributed by atoms with E-state index in [1.807, 2.05) is 32.0 Å². The predicted molar refractivity (Wildman–Crippen MR) is 135 cm³/mol. The number of nitrogens with zero attached hydrogens (tertiary/aromatic N) is 3. The summed E-state index contributed by atoms with van der Waals surface area (Å²) >= 11 is 0. The third-order valence-electron chi connectivity index (χ3n) is 5.64. The molecule has 31 heavy (non-hydrogen) atoms. The van der Waals surface area contributed by atoms with Crippen LogP contribution in [0.2, 0.25) is 0 Å². The molecule has 1 saturated heterocycles. The number of ether oxygens (including phenoxy) is 1. The third-order valence-corrected chi connectivity index (χ3v) is 5.64. The van der Waals surface area contributed by atoms with E-state index in [1.54, 1.807) is 7.11 Å². The highest BCUT2D eigenvalue weighted by Gasteiger charge is 2.21. The van der Waals surface area contributed by atoms with Crippen molar-refractivity contribution in [2.45, 2.75) is 46.7 Å². The molecule has 7 nitrogen and oxygen atoms in total. The molecule has 0 bridgehead atoms. The average Bonchev–Trinajstić information content (AvgIpc) is 3.08. The molecule has 0 saturated carbocycles. The first-order chi connectivity index (χ1) is 14.6. The van der Waals surface area contributed by atoms with Gasteiger partial charge in [-0.2, -0.15) is 0 Å². The summed E-state index contributed by atoms with van der Waals surface area (Å²) in [4.78, 5) is 11.7. The lowest BCUT2D eigenvalue weighted by molar-refractivity contribution is 0.164. The fourth-order valence-corrected chi connectivity index (χ4v) is 3.73. The van der Waals surface area contributed by atoms with E-state index in [4.69, 9.17) is 14.1 Å². The van der Waals surface area contributed by atoms with Gasteiger partial charge in [-0.05, 0) is 58.7 Å². The Bertz CT molecular complexity index is 812. The molecule has 0 atom stereocenters. The lowest BCUT2D eigenvalue weighted by atomic mass is 9.97. The van der Waals surface area contributed by atoms with Crippen molar-refractivity contribution in [3.63, 3.8) is 0 Å². The van der Waals surface area contributed by atoms with Gasteiger partial charge in [0, 0.05) is 18.7 Å². The van der Waals surface area contributed by atoms with Crippen LogP contribution in [0.5, 0.6) is 5.75 Å². The Morgan fingerprint density at radius 3 is 2.61 bits per heavy atom. The minimum Gasteiger partial charge on any atom is -0.496 e. The zero-order valence-electron chi connectivity index (χ0n) is 19.1. The number of nitrogens with one attached hydrogen (secondary N) is 2. The Labute approximate surface area is 203 Å². The van der Waals surface area contributed by atoms with E-state index in [1.165, 1.54) is 0 Å². The van der Waals surface area contributed by atoms with Gasteiger partial charge in [-0.25, -0.2) is 9.98 Å². The highest BCUT2D eigenvalue weighted by molar-refractivity contribution is 14.0. The summed E-state index contributed by atoms with van der Waals surface area (Å²) in [5.74, 6) is 4.13. The summed E-state index contributed by atoms with van der Waals surface area (Å²) in [5.41, 5.74) is 2.08. The molecule has 2 N–H and O–H groups in total. The number of halogens is 1. The second kappa shape index (κ2) is 12.9. The topological polar surface area (TPSA) is 74.9 Å². The molecule has 1 fully saturated rings. The molecule has 1 aliphatic rings. The van der Waals surface area contributed by atoms with Crippen LogP contribution < -0.4 is 15.4 Å². The molecule has 0 amide bonds. The van der Waals surface area contributed by atoms with Crippen molar-refractivity contribution >= 4 is 29.9 Å². The lowest BCUT2D eigenvalue weighted by Crippen LogP contribution is -2.42. The summed E-state index contributed by atoms with van der Waals surface area (Å²) in [6.07, 6.45) is 2.33. The van der Waals surface area contributed by atoms with E-state index in [0.29, 0.717) is 12.5 Å². The van der Waals surface area contributed by atoms with Crippen molar-refractivity contribution in [2.75, 3.05) is 33.3 Å². The van der Waals surface area contributed by atoms with Crippen LogP contribution in [0.3, 0.4) is 0 Å². The molecule has 8 heteroatoms. The van der Waals surface area contributed by atoms with Crippen molar-refractivity contribution in [1.29, 1.82) is 0 Å². The average molecular weight is 541 g/mol. The van der Waals surface area contributed by atoms with Crippen LogP contribution in [-0.2, 0) is 13.1 Å². The third kappa shape index (κ3) is 7.68. The second-order valence-electron chi connectivity index (χ2n) is 7.86. The maximum atomic E-state index is 5.73. The molecule has 172 valence electrons. The zero-order valence-corrected chi connectivity index (χ0v) is 21.4. The van der Waals surface area contributed by atoms with Crippen LogP contribution in [0.4, 0.5) is 0 Å². The summed E-state index contributed by atoms with van der Waals surface area (Å²) in [6, 6.07) is 8.02. The fourth-order valence-electron chi connectivity index (χ4n) is 3.73. The standard InChI is InChI=1S/C23H35N5O2.HI/c1-5-24-23(26-15-20-8-6-7-9-21(20)29-4)25-14-19-10-12-28(13-11-19)16-22-27-17(2)18(3)30-22;/h6-9,19H,5,10-16H2,1-4H3,(H2,24,25,26);1H.